The fourth-order valence-corrected chi connectivity index (χ4v) is 2.11. The lowest BCUT2D eigenvalue weighted by molar-refractivity contribution is -0.000452. The Hall–Kier alpha value is -1.32. The molecule has 102 valence electrons. The van der Waals surface area contributed by atoms with Gasteiger partial charge in [0.25, 0.3) is 6.43 Å². The molecule has 0 spiro atoms. The summed E-state index contributed by atoms with van der Waals surface area (Å²) in [4.78, 5) is -0.462. The normalized spacial score (nSPS) is 13.8. The molecule has 5 nitrogen and oxygen atoms in total. The number of nitrogens with one attached hydrogen (secondary N) is 1. The van der Waals surface area contributed by atoms with Gasteiger partial charge in [0.1, 0.15) is 11.9 Å². The number of anilines is 1. The van der Waals surface area contributed by atoms with Crippen molar-refractivity contribution in [3.63, 3.8) is 0 Å². The SMILES string of the molecule is Nc1ccc(S(=O)(=O)NCC(O)C(F)F)cc1F. The Balaban J connectivity index is 2.83. The van der Waals surface area contributed by atoms with Crippen molar-refractivity contribution in [2.45, 2.75) is 17.4 Å². The summed E-state index contributed by atoms with van der Waals surface area (Å²) in [6.07, 6.45) is -5.20. The molecule has 0 aliphatic heterocycles. The molecule has 0 heterocycles. The van der Waals surface area contributed by atoms with E-state index in [2.05, 4.69) is 0 Å². The highest BCUT2D eigenvalue weighted by molar-refractivity contribution is 7.89. The first-order valence-corrected chi connectivity index (χ1v) is 6.23. The summed E-state index contributed by atoms with van der Waals surface area (Å²) < 4.78 is 61.8. The minimum Gasteiger partial charge on any atom is -0.396 e. The summed E-state index contributed by atoms with van der Waals surface area (Å²) in [5, 5.41) is 8.76. The van der Waals surface area contributed by atoms with Crippen LogP contribution in [0.1, 0.15) is 0 Å². The highest BCUT2D eigenvalue weighted by atomic mass is 32.2. The molecule has 0 aliphatic carbocycles. The van der Waals surface area contributed by atoms with Gasteiger partial charge in [-0.05, 0) is 18.2 Å². The summed E-state index contributed by atoms with van der Waals surface area (Å²) in [6.45, 7) is -0.869. The van der Waals surface area contributed by atoms with E-state index in [4.69, 9.17) is 10.8 Å². The van der Waals surface area contributed by atoms with E-state index in [1.54, 1.807) is 4.72 Å². The first kappa shape index (κ1) is 14.7. The molecule has 0 saturated carbocycles. The lowest BCUT2D eigenvalue weighted by atomic mass is 10.3. The smallest absolute Gasteiger partial charge is 0.265 e. The molecule has 0 saturated heterocycles. The number of hydrogen-bond acceptors (Lipinski definition) is 4. The predicted octanol–water partition coefficient (Wildman–Crippen LogP) is 0.312. The second-order valence-corrected chi connectivity index (χ2v) is 5.20. The van der Waals surface area contributed by atoms with E-state index in [-0.39, 0.29) is 5.69 Å². The molecule has 0 aliphatic rings. The Labute approximate surface area is 101 Å². The topological polar surface area (TPSA) is 92.4 Å². The molecular formula is C9H11F3N2O3S. The molecule has 9 heteroatoms. The second-order valence-electron chi connectivity index (χ2n) is 3.44. The summed E-state index contributed by atoms with van der Waals surface area (Å²) in [5.41, 5.74) is 4.93. The van der Waals surface area contributed by atoms with Crippen molar-refractivity contribution in [1.82, 2.24) is 4.72 Å². The van der Waals surface area contributed by atoms with Crippen LogP contribution in [-0.2, 0) is 10.0 Å². The van der Waals surface area contributed by atoms with Crippen molar-refractivity contribution in [1.29, 1.82) is 0 Å². The lowest BCUT2D eigenvalue weighted by Gasteiger charge is -2.11. The van der Waals surface area contributed by atoms with Gasteiger partial charge in [0.15, 0.2) is 0 Å². The van der Waals surface area contributed by atoms with E-state index in [0.717, 1.165) is 12.1 Å². The van der Waals surface area contributed by atoms with Crippen LogP contribution in [0.2, 0.25) is 0 Å². The van der Waals surface area contributed by atoms with Gasteiger partial charge in [-0.15, -0.1) is 0 Å². The van der Waals surface area contributed by atoms with Gasteiger partial charge in [-0.25, -0.2) is 26.3 Å². The third-order valence-electron chi connectivity index (χ3n) is 2.06. The number of halogens is 3. The van der Waals surface area contributed by atoms with Gasteiger partial charge in [0.2, 0.25) is 10.0 Å². The Kier molecular flexibility index (Phi) is 4.54. The van der Waals surface area contributed by atoms with Crippen LogP contribution < -0.4 is 10.5 Å². The van der Waals surface area contributed by atoms with Gasteiger partial charge in [-0.2, -0.15) is 0 Å². The molecule has 1 rings (SSSR count). The van der Waals surface area contributed by atoms with Crippen molar-refractivity contribution in [3.05, 3.63) is 24.0 Å². The zero-order chi connectivity index (χ0) is 13.9. The minimum absolute atomic E-state index is 0.235. The molecule has 4 N–H and O–H groups in total. The Morgan fingerprint density at radius 3 is 2.50 bits per heavy atom. The molecule has 0 radical (unpaired) electrons. The van der Waals surface area contributed by atoms with Crippen LogP contribution in [-0.4, -0.2) is 32.6 Å². The zero-order valence-corrected chi connectivity index (χ0v) is 9.79. The predicted molar refractivity (Wildman–Crippen MR) is 58.0 cm³/mol. The largest absolute Gasteiger partial charge is 0.396 e. The van der Waals surface area contributed by atoms with Crippen molar-refractivity contribution in [3.8, 4) is 0 Å². The van der Waals surface area contributed by atoms with Gasteiger partial charge in [0, 0.05) is 6.54 Å². The third kappa shape index (κ3) is 3.59. The first-order chi connectivity index (χ1) is 8.24. The zero-order valence-electron chi connectivity index (χ0n) is 8.98. The number of nitrogen functional groups attached to an aromatic ring is 1. The van der Waals surface area contributed by atoms with Crippen molar-refractivity contribution < 1.29 is 26.7 Å². The fraction of sp³-hybridized carbons (Fsp3) is 0.333. The number of benzene rings is 1. The number of aliphatic hydroxyl groups is 1. The van der Waals surface area contributed by atoms with Crippen LogP contribution in [0.25, 0.3) is 0 Å². The maximum Gasteiger partial charge on any atom is 0.265 e. The first-order valence-electron chi connectivity index (χ1n) is 4.75. The number of aliphatic hydroxyl groups excluding tert-OH is 1. The molecule has 1 aromatic carbocycles. The third-order valence-corrected chi connectivity index (χ3v) is 3.48. The molecule has 18 heavy (non-hydrogen) atoms. The summed E-state index contributed by atoms with van der Waals surface area (Å²) >= 11 is 0. The molecule has 0 bridgehead atoms. The van der Waals surface area contributed by atoms with Crippen LogP contribution in [0.5, 0.6) is 0 Å². The van der Waals surface area contributed by atoms with Crippen molar-refractivity contribution >= 4 is 15.7 Å². The van der Waals surface area contributed by atoms with E-state index < -0.39 is 39.8 Å². The quantitative estimate of drug-likeness (QED) is 0.679. The van der Waals surface area contributed by atoms with Gasteiger partial charge >= 0.3 is 0 Å². The molecule has 0 fully saturated rings. The molecular weight excluding hydrogens is 273 g/mol. The Morgan fingerprint density at radius 2 is 2.00 bits per heavy atom. The Morgan fingerprint density at radius 1 is 1.39 bits per heavy atom. The van der Waals surface area contributed by atoms with E-state index >= 15 is 0 Å². The maximum absolute atomic E-state index is 13.1. The number of hydrogen-bond donors (Lipinski definition) is 3. The minimum atomic E-state index is -4.17. The van der Waals surface area contributed by atoms with Crippen LogP contribution in [0.4, 0.5) is 18.9 Å². The van der Waals surface area contributed by atoms with Crippen molar-refractivity contribution in [2.24, 2.45) is 0 Å². The molecule has 1 aromatic rings. The number of sulfonamides is 1. The van der Waals surface area contributed by atoms with E-state index in [1.807, 2.05) is 0 Å². The molecule has 1 atom stereocenters. The van der Waals surface area contributed by atoms with Crippen LogP contribution in [0, 0.1) is 5.82 Å². The van der Waals surface area contributed by atoms with Gasteiger partial charge < -0.3 is 10.8 Å². The number of alkyl halides is 2. The molecule has 0 amide bonds. The van der Waals surface area contributed by atoms with E-state index in [1.165, 1.54) is 0 Å². The molecule has 0 aromatic heterocycles. The van der Waals surface area contributed by atoms with Gasteiger partial charge in [0.05, 0.1) is 10.6 Å². The number of rotatable bonds is 5. The van der Waals surface area contributed by atoms with E-state index in [0.29, 0.717) is 6.07 Å². The summed E-state index contributed by atoms with van der Waals surface area (Å²) in [7, 11) is -4.17. The highest BCUT2D eigenvalue weighted by Crippen LogP contribution is 2.16. The summed E-state index contributed by atoms with van der Waals surface area (Å²) in [6, 6.07) is 2.72. The lowest BCUT2D eigenvalue weighted by Crippen LogP contribution is -2.35. The van der Waals surface area contributed by atoms with E-state index in [9.17, 15) is 21.6 Å². The summed E-state index contributed by atoms with van der Waals surface area (Å²) in [5.74, 6) is -0.938. The standard InChI is InChI=1S/C9H11F3N2O3S/c10-6-3-5(1-2-7(6)13)18(16,17)14-4-8(15)9(11)12/h1-3,8-9,14-15H,4,13H2. The average Bonchev–Trinajstić information content (AvgIpc) is 2.29. The second kappa shape index (κ2) is 5.55. The monoisotopic (exact) mass is 284 g/mol. The van der Waals surface area contributed by atoms with Crippen molar-refractivity contribution in [2.75, 3.05) is 12.3 Å². The number of nitrogens with two attached hydrogens (primary N) is 1. The van der Waals surface area contributed by atoms with Crippen LogP contribution in [0.3, 0.4) is 0 Å². The fourth-order valence-electron chi connectivity index (χ4n) is 1.04. The van der Waals surface area contributed by atoms with Crippen LogP contribution in [0.15, 0.2) is 23.1 Å². The Bertz CT molecular complexity index is 522. The maximum atomic E-state index is 13.1. The average molecular weight is 284 g/mol. The van der Waals surface area contributed by atoms with Crippen LogP contribution >= 0.6 is 0 Å². The van der Waals surface area contributed by atoms with Gasteiger partial charge in [-0.3, -0.25) is 0 Å². The highest BCUT2D eigenvalue weighted by Gasteiger charge is 2.21. The molecule has 1 unspecified atom stereocenters. The van der Waals surface area contributed by atoms with Gasteiger partial charge in [-0.1, -0.05) is 0 Å².